The summed E-state index contributed by atoms with van der Waals surface area (Å²) in [4.78, 5) is 9.03. The van der Waals surface area contributed by atoms with Crippen molar-refractivity contribution in [1.29, 1.82) is 0 Å². The van der Waals surface area contributed by atoms with Crippen molar-refractivity contribution in [2.24, 2.45) is 0 Å². The minimum absolute atomic E-state index is 0.0978. The highest BCUT2D eigenvalue weighted by Gasteiger charge is 2.26. The Balaban J connectivity index is 1.67. The third kappa shape index (κ3) is 2.85. The van der Waals surface area contributed by atoms with Crippen molar-refractivity contribution in [3.8, 4) is 0 Å². The summed E-state index contributed by atoms with van der Waals surface area (Å²) in [6, 6.07) is 8.06. The normalized spacial score (nSPS) is 13.0. The quantitative estimate of drug-likeness (QED) is 0.553. The fraction of sp³-hybridized carbons (Fsp3) is 0.400. The van der Waals surface area contributed by atoms with E-state index in [-0.39, 0.29) is 11.0 Å². The van der Waals surface area contributed by atoms with E-state index in [2.05, 4.69) is 62.0 Å². The Morgan fingerprint density at radius 3 is 2.58 bits per heavy atom. The second kappa shape index (κ2) is 5.62. The van der Waals surface area contributed by atoms with Crippen LogP contribution in [0.3, 0.4) is 0 Å². The zero-order chi connectivity index (χ0) is 18.5. The smallest absolute Gasteiger partial charge is 0.203 e. The maximum Gasteiger partial charge on any atom is 0.203 e. The molecule has 0 amide bonds. The van der Waals surface area contributed by atoms with Crippen LogP contribution in [-0.2, 0) is 17.4 Å². The Kier molecular flexibility index (Phi) is 3.61. The predicted molar refractivity (Wildman–Crippen MR) is 101 cm³/mol. The van der Waals surface area contributed by atoms with Crippen molar-refractivity contribution in [3.63, 3.8) is 0 Å². The predicted octanol–water partition coefficient (Wildman–Crippen LogP) is 4.24. The number of fused-ring (bicyclic) bond motifs is 2. The fourth-order valence-electron chi connectivity index (χ4n) is 3.20. The highest BCUT2D eigenvalue weighted by Crippen LogP contribution is 2.30. The summed E-state index contributed by atoms with van der Waals surface area (Å²) < 4.78 is 7.52. The summed E-state index contributed by atoms with van der Waals surface area (Å²) in [5, 5.41) is 10.8. The first-order chi connectivity index (χ1) is 12.2. The van der Waals surface area contributed by atoms with E-state index in [0.29, 0.717) is 5.65 Å². The van der Waals surface area contributed by atoms with E-state index in [1.54, 1.807) is 6.20 Å². The lowest BCUT2D eigenvalue weighted by atomic mass is 9.91. The first-order valence-corrected chi connectivity index (χ1v) is 8.81. The maximum absolute atomic E-state index is 5.55. The number of aromatic nitrogens is 5. The van der Waals surface area contributed by atoms with E-state index in [1.165, 1.54) is 0 Å². The standard InChI is InChI=1S/C20H23N5O/c1-19(2,3)16-15-9-8-14(22-18(15)24-26-16)11-20(4,5)25-12-13-7-6-10-21-17(13)23-25/h6-10,12H,11H2,1-5H3. The molecule has 4 aromatic heterocycles. The molecule has 0 N–H and O–H groups in total. The summed E-state index contributed by atoms with van der Waals surface area (Å²) in [5.41, 5.74) is 2.05. The Hall–Kier alpha value is -2.76. The molecule has 0 fully saturated rings. The van der Waals surface area contributed by atoms with Crippen LogP contribution >= 0.6 is 0 Å². The van der Waals surface area contributed by atoms with Gasteiger partial charge < -0.3 is 4.52 Å². The largest absolute Gasteiger partial charge is 0.358 e. The molecule has 0 aliphatic heterocycles. The number of nitrogens with zero attached hydrogens (tertiary/aromatic N) is 5. The third-order valence-corrected chi connectivity index (χ3v) is 4.60. The van der Waals surface area contributed by atoms with Gasteiger partial charge in [-0.1, -0.05) is 25.9 Å². The molecule has 0 atom stereocenters. The monoisotopic (exact) mass is 349 g/mol. The van der Waals surface area contributed by atoms with Gasteiger partial charge in [-0.15, -0.1) is 0 Å². The lowest BCUT2D eigenvalue weighted by molar-refractivity contribution is 0.316. The lowest BCUT2D eigenvalue weighted by Crippen LogP contribution is -2.29. The second-order valence-electron chi connectivity index (χ2n) is 8.41. The molecule has 4 aromatic rings. The van der Waals surface area contributed by atoms with Gasteiger partial charge in [-0.3, -0.25) is 4.68 Å². The molecular formula is C20H23N5O. The van der Waals surface area contributed by atoms with Gasteiger partial charge in [-0.05, 0) is 38.1 Å². The number of hydrogen-bond acceptors (Lipinski definition) is 5. The first-order valence-electron chi connectivity index (χ1n) is 8.81. The number of hydrogen-bond donors (Lipinski definition) is 0. The van der Waals surface area contributed by atoms with Gasteiger partial charge in [0.25, 0.3) is 0 Å². The van der Waals surface area contributed by atoms with Crippen LogP contribution in [-0.4, -0.2) is 24.9 Å². The van der Waals surface area contributed by atoms with Gasteiger partial charge in [0.15, 0.2) is 11.4 Å². The van der Waals surface area contributed by atoms with Crippen LogP contribution < -0.4 is 0 Å². The van der Waals surface area contributed by atoms with Crippen LogP contribution in [0.4, 0.5) is 0 Å². The summed E-state index contributed by atoms with van der Waals surface area (Å²) in [7, 11) is 0. The molecule has 4 heterocycles. The van der Waals surface area contributed by atoms with Gasteiger partial charge in [0.1, 0.15) is 0 Å². The second-order valence-corrected chi connectivity index (χ2v) is 8.41. The van der Waals surface area contributed by atoms with Crippen LogP contribution in [0.15, 0.2) is 41.2 Å². The van der Waals surface area contributed by atoms with Crippen LogP contribution in [0.1, 0.15) is 46.1 Å². The third-order valence-electron chi connectivity index (χ3n) is 4.60. The van der Waals surface area contributed by atoms with Gasteiger partial charge in [-0.2, -0.15) is 5.10 Å². The highest BCUT2D eigenvalue weighted by atomic mass is 16.5. The molecule has 0 unspecified atom stereocenters. The molecule has 6 nitrogen and oxygen atoms in total. The summed E-state index contributed by atoms with van der Waals surface area (Å²) >= 11 is 0. The number of rotatable bonds is 3. The van der Waals surface area contributed by atoms with Crippen molar-refractivity contribution in [1.82, 2.24) is 24.9 Å². The van der Waals surface area contributed by atoms with Crippen molar-refractivity contribution >= 4 is 22.1 Å². The minimum Gasteiger partial charge on any atom is -0.358 e. The molecule has 134 valence electrons. The fourth-order valence-corrected chi connectivity index (χ4v) is 3.20. The molecule has 0 radical (unpaired) electrons. The van der Waals surface area contributed by atoms with Crippen LogP contribution in [0.2, 0.25) is 0 Å². The van der Waals surface area contributed by atoms with Gasteiger partial charge >= 0.3 is 0 Å². The van der Waals surface area contributed by atoms with E-state index in [0.717, 1.165) is 34.3 Å². The van der Waals surface area contributed by atoms with E-state index in [1.807, 2.05) is 23.0 Å². The van der Waals surface area contributed by atoms with Crippen molar-refractivity contribution in [3.05, 3.63) is 48.1 Å². The molecule has 0 saturated heterocycles. The average Bonchev–Trinajstić information content (AvgIpc) is 3.18. The Labute approximate surface area is 152 Å². The first kappa shape index (κ1) is 16.7. The zero-order valence-corrected chi connectivity index (χ0v) is 15.8. The maximum atomic E-state index is 5.55. The highest BCUT2D eigenvalue weighted by molar-refractivity contribution is 5.78. The lowest BCUT2D eigenvalue weighted by Gasteiger charge is -2.24. The molecule has 0 aliphatic rings. The topological polar surface area (TPSA) is 69.6 Å². The molecule has 0 spiro atoms. The summed E-state index contributed by atoms with van der Waals surface area (Å²) in [6.07, 6.45) is 4.53. The van der Waals surface area contributed by atoms with E-state index < -0.39 is 0 Å². The Morgan fingerprint density at radius 2 is 1.85 bits per heavy atom. The molecule has 26 heavy (non-hydrogen) atoms. The van der Waals surface area contributed by atoms with E-state index in [4.69, 9.17) is 9.51 Å². The van der Waals surface area contributed by atoms with Crippen molar-refractivity contribution in [2.75, 3.05) is 0 Å². The molecule has 0 saturated carbocycles. The molecule has 6 heteroatoms. The van der Waals surface area contributed by atoms with Crippen LogP contribution in [0.25, 0.3) is 22.1 Å². The summed E-state index contributed by atoms with van der Waals surface area (Å²) in [5.74, 6) is 0.871. The average molecular weight is 349 g/mol. The van der Waals surface area contributed by atoms with Gasteiger partial charge in [0.2, 0.25) is 5.65 Å². The molecular weight excluding hydrogens is 326 g/mol. The molecule has 0 aromatic carbocycles. The van der Waals surface area contributed by atoms with Gasteiger partial charge in [0, 0.05) is 35.3 Å². The Morgan fingerprint density at radius 1 is 1.04 bits per heavy atom. The molecule has 4 rings (SSSR count). The molecule has 0 bridgehead atoms. The number of pyridine rings is 2. The van der Waals surface area contributed by atoms with Crippen LogP contribution in [0.5, 0.6) is 0 Å². The Bertz CT molecular complexity index is 1050. The molecule has 0 aliphatic carbocycles. The van der Waals surface area contributed by atoms with E-state index in [9.17, 15) is 0 Å². The minimum atomic E-state index is -0.238. The SMILES string of the molecule is CC(C)(C)c1onc2nc(CC(C)(C)n3cc4cccnc4n3)ccc12. The summed E-state index contributed by atoms with van der Waals surface area (Å²) in [6.45, 7) is 10.6. The van der Waals surface area contributed by atoms with Crippen molar-refractivity contribution in [2.45, 2.75) is 52.0 Å². The van der Waals surface area contributed by atoms with Crippen LogP contribution in [0, 0.1) is 0 Å². The van der Waals surface area contributed by atoms with E-state index >= 15 is 0 Å². The van der Waals surface area contributed by atoms with Crippen molar-refractivity contribution < 1.29 is 4.52 Å². The zero-order valence-electron chi connectivity index (χ0n) is 15.8. The van der Waals surface area contributed by atoms with Gasteiger partial charge in [-0.25, -0.2) is 9.97 Å². The van der Waals surface area contributed by atoms with Gasteiger partial charge in [0.05, 0.1) is 10.9 Å².